The normalized spacial score (nSPS) is 14.8. The Morgan fingerprint density at radius 1 is 1.31 bits per heavy atom. The second kappa shape index (κ2) is 6.26. The van der Waals surface area contributed by atoms with Crippen LogP contribution in [0.1, 0.15) is 28.9 Å². The van der Waals surface area contributed by atoms with Crippen LogP contribution < -0.4 is 11.1 Å². The van der Waals surface area contributed by atoms with E-state index in [2.05, 4.69) is 15.3 Å². The number of amides is 2. The van der Waals surface area contributed by atoms with Gasteiger partial charge in [0.2, 0.25) is 5.91 Å². The summed E-state index contributed by atoms with van der Waals surface area (Å²) >= 11 is 7.39. The van der Waals surface area contributed by atoms with E-state index >= 15 is 0 Å². The van der Waals surface area contributed by atoms with Crippen molar-refractivity contribution in [3.8, 4) is 11.3 Å². The molecule has 1 aliphatic carbocycles. The number of primary amides is 1. The summed E-state index contributed by atoms with van der Waals surface area (Å²) in [6.07, 6.45) is 3.24. The van der Waals surface area contributed by atoms with E-state index < -0.39 is 11.3 Å². The number of thiazole rings is 1. The Balaban J connectivity index is 1.52. The summed E-state index contributed by atoms with van der Waals surface area (Å²) in [4.78, 5) is 31.2. The predicted octanol–water partition coefficient (Wildman–Crippen LogP) is 3.56. The second-order valence-corrected chi connectivity index (χ2v) is 7.55. The molecule has 0 aliphatic heterocycles. The molecule has 0 atom stereocenters. The number of H-pyrrole nitrogens is 1. The molecule has 26 heavy (non-hydrogen) atoms. The lowest BCUT2D eigenvalue weighted by atomic mass is 9.95. The van der Waals surface area contributed by atoms with E-state index in [4.69, 9.17) is 17.3 Å². The number of anilines is 1. The Hall–Kier alpha value is -2.64. The number of rotatable bonds is 5. The number of aromatic nitrogens is 2. The van der Waals surface area contributed by atoms with Crippen LogP contribution in [0.15, 0.2) is 41.9 Å². The number of nitrogens with one attached hydrogen (secondary N) is 2. The van der Waals surface area contributed by atoms with E-state index in [1.807, 2.05) is 23.6 Å². The topological polar surface area (TPSA) is 101 Å². The number of hydrogen-bond donors (Lipinski definition) is 3. The highest BCUT2D eigenvalue weighted by Gasteiger charge is 2.51. The minimum atomic E-state index is -0.530. The fourth-order valence-corrected chi connectivity index (χ4v) is 3.83. The Morgan fingerprint density at radius 3 is 2.77 bits per heavy atom. The van der Waals surface area contributed by atoms with Crippen LogP contribution >= 0.6 is 22.9 Å². The van der Waals surface area contributed by atoms with Gasteiger partial charge in [0.05, 0.1) is 11.1 Å². The summed E-state index contributed by atoms with van der Waals surface area (Å²) in [6.45, 7) is 0. The van der Waals surface area contributed by atoms with E-state index in [1.165, 1.54) is 11.3 Å². The molecule has 6 nitrogen and oxygen atoms in total. The van der Waals surface area contributed by atoms with Crippen LogP contribution in [-0.4, -0.2) is 21.8 Å². The Kier molecular flexibility index (Phi) is 4.05. The van der Waals surface area contributed by atoms with Gasteiger partial charge in [-0.15, -0.1) is 11.3 Å². The molecule has 8 heteroatoms. The average Bonchev–Trinajstić information content (AvgIpc) is 3.05. The predicted molar refractivity (Wildman–Crippen MR) is 101 cm³/mol. The fourth-order valence-electron chi connectivity index (χ4n) is 2.92. The van der Waals surface area contributed by atoms with Gasteiger partial charge >= 0.3 is 0 Å². The molecule has 3 aromatic rings. The van der Waals surface area contributed by atoms with Gasteiger partial charge in [-0.3, -0.25) is 9.59 Å². The van der Waals surface area contributed by atoms with Crippen molar-refractivity contribution >= 4 is 39.9 Å². The van der Waals surface area contributed by atoms with Gasteiger partial charge in [0.1, 0.15) is 5.69 Å². The van der Waals surface area contributed by atoms with E-state index in [0.717, 1.165) is 24.0 Å². The molecule has 0 unspecified atom stereocenters. The lowest BCUT2D eigenvalue weighted by Gasteiger charge is -2.14. The Bertz CT molecular complexity index is 1010. The molecule has 4 N–H and O–H groups in total. The molecule has 1 fully saturated rings. The zero-order chi connectivity index (χ0) is 18.3. The van der Waals surface area contributed by atoms with Crippen LogP contribution in [-0.2, 0) is 10.2 Å². The van der Waals surface area contributed by atoms with Crippen molar-refractivity contribution in [3.05, 3.63) is 58.2 Å². The second-order valence-electron chi connectivity index (χ2n) is 6.25. The van der Waals surface area contributed by atoms with E-state index in [1.54, 1.807) is 18.3 Å². The van der Waals surface area contributed by atoms with Crippen LogP contribution in [0.5, 0.6) is 0 Å². The summed E-state index contributed by atoms with van der Waals surface area (Å²) in [7, 11) is 0. The smallest absolute Gasteiger partial charge is 0.265 e. The summed E-state index contributed by atoms with van der Waals surface area (Å²) in [5.74, 6) is -0.607. The largest absolute Gasteiger partial charge is 0.364 e. The number of aromatic amines is 1. The maximum absolute atomic E-state index is 12.8. The first-order valence-corrected chi connectivity index (χ1v) is 9.25. The van der Waals surface area contributed by atoms with Gasteiger partial charge in [0, 0.05) is 22.2 Å². The molecule has 1 aromatic carbocycles. The molecule has 2 aromatic heterocycles. The third-order valence-corrected chi connectivity index (χ3v) is 5.52. The first-order chi connectivity index (χ1) is 12.5. The number of nitrogens with zero attached hydrogens (tertiary/aromatic N) is 1. The van der Waals surface area contributed by atoms with Gasteiger partial charge in [0.15, 0.2) is 5.13 Å². The standard InChI is InChI=1S/C18H15ClN4O2S/c19-12-3-1-2-11(7-12)18(4-5-18)16(25)23-17-22-14(9-26-17)10-6-13(15(20)24)21-8-10/h1-3,6-9,21H,4-5H2,(H2,20,24)(H,22,23,25). The van der Waals surface area contributed by atoms with Crippen LogP contribution in [0.2, 0.25) is 5.02 Å². The zero-order valence-corrected chi connectivity index (χ0v) is 15.2. The third-order valence-electron chi connectivity index (χ3n) is 4.53. The molecule has 0 radical (unpaired) electrons. The highest BCUT2D eigenvalue weighted by molar-refractivity contribution is 7.14. The molecule has 4 rings (SSSR count). The number of halogens is 1. The SMILES string of the molecule is NC(=O)c1cc(-c2csc(NC(=O)C3(c4cccc(Cl)c4)CC3)n2)c[nH]1. The molecule has 132 valence electrons. The Labute approximate surface area is 158 Å². The van der Waals surface area contributed by atoms with E-state index in [0.29, 0.717) is 21.5 Å². The van der Waals surface area contributed by atoms with Crippen molar-refractivity contribution in [1.82, 2.24) is 9.97 Å². The molecule has 2 amide bonds. The molecule has 0 spiro atoms. The van der Waals surface area contributed by atoms with Gasteiger partial charge in [-0.25, -0.2) is 4.98 Å². The van der Waals surface area contributed by atoms with Crippen molar-refractivity contribution in [2.24, 2.45) is 5.73 Å². The van der Waals surface area contributed by atoms with E-state index in [-0.39, 0.29) is 5.91 Å². The lowest BCUT2D eigenvalue weighted by Crippen LogP contribution is -2.27. The van der Waals surface area contributed by atoms with Gasteiger partial charge < -0.3 is 16.0 Å². The number of benzene rings is 1. The lowest BCUT2D eigenvalue weighted by molar-refractivity contribution is -0.118. The summed E-state index contributed by atoms with van der Waals surface area (Å²) < 4.78 is 0. The molecule has 1 aliphatic rings. The molecular formula is C18H15ClN4O2S. The first kappa shape index (κ1) is 16.8. The molecule has 0 bridgehead atoms. The van der Waals surface area contributed by atoms with Gasteiger partial charge in [-0.2, -0.15) is 0 Å². The summed E-state index contributed by atoms with van der Waals surface area (Å²) in [5.41, 5.74) is 7.37. The van der Waals surface area contributed by atoms with Crippen molar-refractivity contribution in [2.45, 2.75) is 18.3 Å². The van der Waals surface area contributed by atoms with Crippen LogP contribution in [0, 0.1) is 0 Å². The average molecular weight is 387 g/mol. The highest BCUT2D eigenvalue weighted by atomic mass is 35.5. The molecule has 2 heterocycles. The fraction of sp³-hybridized carbons (Fsp3) is 0.167. The quantitative estimate of drug-likeness (QED) is 0.624. The number of nitrogens with two attached hydrogens (primary N) is 1. The van der Waals surface area contributed by atoms with Crippen LogP contribution in [0.25, 0.3) is 11.3 Å². The number of carbonyl (C=O) groups excluding carboxylic acids is 2. The van der Waals surface area contributed by atoms with E-state index in [9.17, 15) is 9.59 Å². The van der Waals surface area contributed by atoms with Gasteiger partial charge in [-0.05, 0) is 36.6 Å². The Morgan fingerprint density at radius 2 is 2.12 bits per heavy atom. The number of hydrogen-bond acceptors (Lipinski definition) is 4. The van der Waals surface area contributed by atoms with Crippen molar-refractivity contribution in [3.63, 3.8) is 0 Å². The zero-order valence-electron chi connectivity index (χ0n) is 13.6. The maximum atomic E-state index is 12.8. The molecular weight excluding hydrogens is 372 g/mol. The summed E-state index contributed by atoms with van der Waals surface area (Å²) in [6, 6.07) is 9.05. The third kappa shape index (κ3) is 3.00. The van der Waals surface area contributed by atoms with Gasteiger partial charge in [0.25, 0.3) is 5.91 Å². The molecule has 1 saturated carbocycles. The highest BCUT2D eigenvalue weighted by Crippen LogP contribution is 2.49. The van der Waals surface area contributed by atoms with Crippen LogP contribution in [0.3, 0.4) is 0 Å². The van der Waals surface area contributed by atoms with Crippen molar-refractivity contribution < 1.29 is 9.59 Å². The minimum Gasteiger partial charge on any atom is -0.364 e. The van der Waals surface area contributed by atoms with Gasteiger partial charge in [-0.1, -0.05) is 23.7 Å². The molecule has 0 saturated heterocycles. The maximum Gasteiger partial charge on any atom is 0.265 e. The summed E-state index contributed by atoms with van der Waals surface area (Å²) in [5, 5.41) is 5.86. The van der Waals surface area contributed by atoms with Crippen molar-refractivity contribution in [1.29, 1.82) is 0 Å². The minimum absolute atomic E-state index is 0.0763. The first-order valence-electron chi connectivity index (χ1n) is 7.99. The van der Waals surface area contributed by atoms with Crippen molar-refractivity contribution in [2.75, 3.05) is 5.32 Å². The monoisotopic (exact) mass is 386 g/mol. The number of carbonyl (C=O) groups is 2. The van der Waals surface area contributed by atoms with Crippen LogP contribution in [0.4, 0.5) is 5.13 Å².